The molecule has 4 heteroatoms. The summed E-state index contributed by atoms with van der Waals surface area (Å²) in [5.41, 5.74) is 2.99. The summed E-state index contributed by atoms with van der Waals surface area (Å²) in [6.45, 7) is 7.76. The molecule has 0 radical (unpaired) electrons. The molecule has 0 aliphatic carbocycles. The van der Waals surface area contributed by atoms with Gasteiger partial charge >= 0.3 is 0 Å². The van der Waals surface area contributed by atoms with Crippen molar-refractivity contribution in [2.24, 2.45) is 0 Å². The Hall–Kier alpha value is -2.17. The molecule has 2 aromatic rings. The quantitative estimate of drug-likeness (QED) is 0.727. The van der Waals surface area contributed by atoms with Crippen LogP contribution in [0.15, 0.2) is 54.6 Å². The normalized spacial score (nSPS) is 20.6. The summed E-state index contributed by atoms with van der Waals surface area (Å²) in [6.07, 6.45) is 1.03. The molecule has 2 aromatic carbocycles. The van der Waals surface area contributed by atoms with Crippen molar-refractivity contribution in [3.05, 3.63) is 60.2 Å². The first-order chi connectivity index (χ1) is 13.1. The predicted molar refractivity (Wildman–Crippen MR) is 110 cm³/mol. The first kappa shape index (κ1) is 19.6. The highest BCUT2D eigenvalue weighted by molar-refractivity contribution is 5.95. The zero-order valence-electron chi connectivity index (χ0n) is 16.6. The minimum Gasteiger partial charge on any atom is -0.385 e. The van der Waals surface area contributed by atoms with Crippen molar-refractivity contribution in [1.82, 2.24) is 9.80 Å². The maximum Gasteiger partial charge on any atom is 0.253 e. The third-order valence-electron chi connectivity index (χ3n) is 5.37. The molecule has 3 rings (SSSR count). The van der Waals surface area contributed by atoms with Crippen LogP contribution < -0.4 is 0 Å². The standard InChI is InChI=1S/C23H30N2O2/c1-18-16-24(17-19(2)25(18)13-8-14-27-3)23(26)22-12-7-11-21(15-22)20-9-5-4-6-10-20/h4-7,9-12,15,18-19H,8,13-14,16-17H2,1-3H3. The molecule has 0 N–H and O–H groups in total. The Morgan fingerprint density at radius 3 is 2.33 bits per heavy atom. The Balaban J connectivity index is 1.70. The molecule has 2 unspecified atom stereocenters. The van der Waals surface area contributed by atoms with Crippen molar-refractivity contribution in [1.29, 1.82) is 0 Å². The molecule has 4 nitrogen and oxygen atoms in total. The number of carbonyl (C=O) groups excluding carboxylic acids is 1. The third-order valence-corrected chi connectivity index (χ3v) is 5.37. The molecule has 1 aliphatic heterocycles. The van der Waals surface area contributed by atoms with E-state index in [1.165, 1.54) is 0 Å². The van der Waals surface area contributed by atoms with Crippen molar-refractivity contribution < 1.29 is 9.53 Å². The van der Waals surface area contributed by atoms with Crippen LogP contribution in [0, 0.1) is 0 Å². The van der Waals surface area contributed by atoms with E-state index >= 15 is 0 Å². The predicted octanol–water partition coefficient (Wildman–Crippen LogP) is 3.92. The van der Waals surface area contributed by atoms with Crippen LogP contribution in [0.4, 0.5) is 0 Å². The molecule has 0 aromatic heterocycles. The Morgan fingerprint density at radius 1 is 1.00 bits per heavy atom. The molecule has 0 saturated carbocycles. The van der Waals surface area contributed by atoms with E-state index in [2.05, 4.69) is 36.9 Å². The molecule has 0 bridgehead atoms. The van der Waals surface area contributed by atoms with Gasteiger partial charge in [-0.1, -0.05) is 42.5 Å². The lowest BCUT2D eigenvalue weighted by Gasteiger charge is -2.44. The van der Waals surface area contributed by atoms with Gasteiger partial charge in [-0.2, -0.15) is 0 Å². The van der Waals surface area contributed by atoms with Gasteiger partial charge in [-0.15, -0.1) is 0 Å². The largest absolute Gasteiger partial charge is 0.385 e. The van der Waals surface area contributed by atoms with E-state index in [-0.39, 0.29) is 5.91 Å². The van der Waals surface area contributed by atoms with Crippen LogP contribution in [0.3, 0.4) is 0 Å². The van der Waals surface area contributed by atoms with E-state index in [0.717, 1.165) is 49.4 Å². The lowest BCUT2D eigenvalue weighted by molar-refractivity contribution is 0.0270. The fourth-order valence-corrected chi connectivity index (χ4v) is 4.00. The summed E-state index contributed by atoms with van der Waals surface area (Å²) in [6, 6.07) is 18.9. The minimum absolute atomic E-state index is 0.128. The number of carbonyl (C=O) groups is 1. The Kier molecular flexibility index (Phi) is 6.64. The molecular weight excluding hydrogens is 336 g/mol. The maximum absolute atomic E-state index is 13.1. The zero-order chi connectivity index (χ0) is 19.2. The van der Waals surface area contributed by atoms with Gasteiger partial charge in [0.05, 0.1) is 0 Å². The second kappa shape index (κ2) is 9.16. The summed E-state index contributed by atoms with van der Waals surface area (Å²) in [7, 11) is 1.74. The summed E-state index contributed by atoms with van der Waals surface area (Å²) < 4.78 is 5.18. The van der Waals surface area contributed by atoms with Crippen LogP contribution in [0.1, 0.15) is 30.6 Å². The molecule has 144 valence electrons. The zero-order valence-corrected chi connectivity index (χ0v) is 16.6. The molecular formula is C23H30N2O2. The smallest absolute Gasteiger partial charge is 0.253 e. The third kappa shape index (κ3) is 4.76. The number of rotatable bonds is 6. The first-order valence-corrected chi connectivity index (χ1v) is 9.79. The van der Waals surface area contributed by atoms with Gasteiger partial charge in [0, 0.05) is 51.0 Å². The Morgan fingerprint density at radius 2 is 1.67 bits per heavy atom. The second-order valence-electron chi connectivity index (χ2n) is 7.44. The molecule has 1 heterocycles. The van der Waals surface area contributed by atoms with Crippen LogP contribution in [0.25, 0.3) is 11.1 Å². The van der Waals surface area contributed by atoms with Crippen LogP contribution in [-0.4, -0.2) is 61.1 Å². The second-order valence-corrected chi connectivity index (χ2v) is 7.44. The highest BCUT2D eigenvalue weighted by Crippen LogP contribution is 2.23. The van der Waals surface area contributed by atoms with E-state index in [1.807, 2.05) is 41.3 Å². The molecule has 1 aliphatic rings. The van der Waals surface area contributed by atoms with Gasteiger partial charge in [0.2, 0.25) is 0 Å². The molecule has 0 spiro atoms. The lowest BCUT2D eigenvalue weighted by Crippen LogP contribution is -2.58. The summed E-state index contributed by atoms with van der Waals surface area (Å²) in [5, 5.41) is 0. The number of methoxy groups -OCH3 is 1. The van der Waals surface area contributed by atoms with Crippen LogP contribution in [0.2, 0.25) is 0 Å². The SMILES string of the molecule is COCCCN1C(C)CN(C(=O)c2cccc(-c3ccccc3)c2)CC1C. The van der Waals surface area contributed by atoms with Crippen molar-refractivity contribution in [2.45, 2.75) is 32.4 Å². The van der Waals surface area contributed by atoms with Crippen molar-refractivity contribution in [3.63, 3.8) is 0 Å². The highest BCUT2D eigenvalue weighted by atomic mass is 16.5. The van der Waals surface area contributed by atoms with E-state index in [4.69, 9.17) is 4.74 Å². The number of hydrogen-bond acceptors (Lipinski definition) is 3. The summed E-state index contributed by atoms with van der Waals surface area (Å²) >= 11 is 0. The lowest BCUT2D eigenvalue weighted by atomic mass is 10.0. The number of ether oxygens (including phenoxy) is 1. The monoisotopic (exact) mass is 366 g/mol. The molecule has 2 atom stereocenters. The van der Waals surface area contributed by atoms with Gasteiger partial charge < -0.3 is 9.64 Å². The van der Waals surface area contributed by atoms with E-state index in [9.17, 15) is 4.79 Å². The van der Waals surface area contributed by atoms with Crippen LogP contribution in [0.5, 0.6) is 0 Å². The fraction of sp³-hybridized carbons (Fsp3) is 0.435. The highest BCUT2D eigenvalue weighted by Gasteiger charge is 2.31. The maximum atomic E-state index is 13.1. The minimum atomic E-state index is 0.128. The summed E-state index contributed by atoms with van der Waals surface area (Å²) in [4.78, 5) is 17.6. The summed E-state index contributed by atoms with van der Waals surface area (Å²) in [5.74, 6) is 0.128. The molecule has 1 saturated heterocycles. The average Bonchev–Trinajstić information content (AvgIpc) is 2.70. The fourth-order valence-electron chi connectivity index (χ4n) is 4.00. The van der Waals surface area contributed by atoms with Gasteiger partial charge in [-0.3, -0.25) is 9.69 Å². The van der Waals surface area contributed by atoms with Crippen LogP contribution >= 0.6 is 0 Å². The number of amides is 1. The van der Waals surface area contributed by atoms with Gasteiger partial charge in [-0.25, -0.2) is 0 Å². The number of benzene rings is 2. The molecule has 1 fully saturated rings. The van der Waals surface area contributed by atoms with Gasteiger partial charge in [0.1, 0.15) is 0 Å². The van der Waals surface area contributed by atoms with E-state index in [0.29, 0.717) is 12.1 Å². The van der Waals surface area contributed by atoms with Crippen molar-refractivity contribution in [2.75, 3.05) is 33.4 Å². The molecule has 27 heavy (non-hydrogen) atoms. The molecule has 1 amide bonds. The van der Waals surface area contributed by atoms with Crippen LogP contribution in [-0.2, 0) is 4.74 Å². The van der Waals surface area contributed by atoms with Gasteiger partial charge in [0.25, 0.3) is 5.91 Å². The topological polar surface area (TPSA) is 32.8 Å². The van der Waals surface area contributed by atoms with Gasteiger partial charge in [-0.05, 0) is 43.5 Å². The van der Waals surface area contributed by atoms with Gasteiger partial charge in [0.15, 0.2) is 0 Å². The van der Waals surface area contributed by atoms with Crippen molar-refractivity contribution in [3.8, 4) is 11.1 Å². The number of hydrogen-bond donors (Lipinski definition) is 0. The Bertz CT molecular complexity index is 735. The average molecular weight is 367 g/mol. The van der Waals surface area contributed by atoms with E-state index < -0.39 is 0 Å². The Labute approximate surface area is 162 Å². The number of nitrogens with zero attached hydrogens (tertiary/aromatic N) is 2. The number of piperazine rings is 1. The van der Waals surface area contributed by atoms with E-state index in [1.54, 1.807) is 7.11 Å². The first-order valence-electron chi connectivity index (χ1n) is 9.79. The van der Waals surface area contributed by atoms with Crippen molar-refractivity contribution >= 4 is 5.91 Å².